The fourth-order valence-electron chi connectivity index (χ4n) is 1.39. The van der Waals surface area contributed by atoms with E-state index in [9.17, 15) is 4.79 Å². The molecule has 0 radical (unpaired) electrons. The zero-order valence-corrected chi connectivity index (χ0v) is 10.8. The highest BCUT2D eigenvalue weighted by Crippen LogP contribution is 2.20. The van der Waals surface area contributed by atoms with E-state index in [0.717, 1.165) is 5.69 Å². The number of rotatable bonds is 2. The van der Waals surface area contributed by atoms with E-state index in [1.165, 1.54) is 0 Å². The van der Waals surface area contributed by atoms with Gasteiger partial charge in [-0.3, -0.25) is 4.79 Å². The van der Waals surface area contributed by atoms with E-state index in [4.69, 9.17) is 4.42 Å². The number of carbonyl (C=O) groups is 1. The second-order valence-electron chi connectivity index (χ2n) is 5.31. The minimum atomic E-state index is -0.272. The number of oxazole rings is 1. The fourth-order valence-corrected chi connectivity index (χ4v) is 1.39. The van der Waals surface area contributed by atoms with Gasteiger partial charge in [-0.2, -0.15) is 0 Å². The molecule has 1 amide bonds. The second-order valence-corrected chi connectivity index (χ2v) is 5.31. The molecule has 4 heteroatoms. The maximum Gasteiger partial charge on any atom is 0.289 e. The summed E-state index contributed by atoms with van der Waals surface area (Å²) in [6, 6.07) is 0. The Morgan fingerprint density at radius 1 is 1.38 bits per heavy atom. The molecule has 1 N–H and O–H groups in total. The zero-order chi connectivity index (χ0) is 12.5. The van der Waals surface area contributed by atoms with Gasteiger partial charge in [0, 0.05) is 12.5 Å². The number of hydrogen-bond acceptors (Lipinski definition) is 3. The van der Waals surface area contributed by atoms with Crippen LogP contribution >= 0.6 is 0 Å². The summed E-state index contributed by atoms with van der Waals surface area (Å²) in [5.41, 5.74) is 0.450. The fraction of sp³-hybridized carbons (Fsp3) is 0.667. The molecule has 1 heterocycles. The third-order valence-corrected chi connectivity index (χ3v) is 2.00. The molecule has 0 bridgehead atoms. The van der Waals surface area contributed by atoms with Gasteiger partial charge in [-0.05, 0) is 26.7 Å². The minimum absolute atomic E-state index is 0.179. The van der Waals surface area contributed by atoms with Crippen LogP contribution in [0.25, 0.3) is 0 Å². The average Bonchev–Trinajstić information content (AvgIpc) is 2.44. The van der Waals surface area contributed by atoms with Gasteiger partial charge in [0.05, 0.1) is 5.69 Å². The van der Waals surface area contributed by atoms with Gasteiger partial charge in [0.1, 0.15) is 0 Å². The summed E-state index contributed by atoms with van der Waals surface area (Å²) in [5.74, 6) is 0.847. The summed E-state index contributed by atoms with van der Waals surface area (Å²) in [5, 5.41) is 2.87. The van der Waals surface area contributed by atoms with E-state index in [0.29, 0.717) is 11.7 Å². The Labute approximate surface area is 96.4 Å². The molecule has 90 valence electrons. The van der Waals surface area contributed by atoms with Crippen molar-refractivity contribution in [3.8, 4) is 0 Å². The number of aromatic nitrogens is 1. The van der Waals surface area contributed by atoms with Crippen molar-refractivity contribution >= 4 is 5.91 Å². The van der Waals surface area contributed by atoms with Gasteiger partial charge in [0.15, 0.2) is 5.89 Å². The molecule has 0 aromatic carbocycles. The highest BCUT2D eigenvalue weighted by atomic mass is 16.4. The van der Waals surface area contributed by atoms with Crippen molar-refractivity contribution in [3.05, 3.63) is 17.3 Å². The molecule has 0 aliphatic carbocycles. The molecule has 0 spiro atoms. The van der Waals surface area contributed by atoms with Crippen LogP contribution in [0.2, 0.25) is 0 Å². The standard InChI is InChI=1S/C12H20N2O2/c1-7(2)9-10(16-8(3)13-9)11(15)14-12(4,5)6/h7H,1-6H3,(H,14,15). The predicted octanol–water partition coefficient (Wildman–Crippen LogP) is 2.63. The predicted molar refractivity (Wildman–Crippen MR) is 62.5 cm³/mol. The van der Waals surface area contributed by atoms with E-state index < -0.39 is 0 Å². The van der Waals surface area contributed by atoms with E-state index in [2.05, 4.69) is 10.3 Å². The van der Waals surface area contributed by atoms with Gasteiger partial charge in [-0.25, -0.2) is 4.98 Å². The number of hydrogen-bond donors (Lipinski definition) is 1. The average molecular weight is 224 g/mol. The van der Waals surface area contributed by atoms with E-state index in [-0.39, 0.29) is 17.4 Å². The maximum atomic E-state index is 12.0. The van der Waals surface area contributed by atoms with Crippen LogP contribution in [0.3, 0.4) is 0 Å². The van der Waals surface area contributed by atoms with Crippen LogP contribution < -0.4 is 5.32 Å². The van der Waals surface area contributed by atoms with Crippen LogP contribution in [0.1, 0.15) is 62.7 Å². The molecule has 0 saturated carbocycles. The van der Waals surface area contributed by atoms with Crippen LogP contribution in [0, 0.1) is 6.92 Å². The van der Waals surface area contributed by atoms with Crippen molar-refractivity contribution in [2.75, 3.05) is 0 Å². The lowest BCUT2D eigenvalue weighted by Gasteiger charge is -2.19. The number of nitrogens with zero attached hydrogens (tertiary/aromatic N) is 1. The Morgan fingerprint density at radius 2 is 1.94 bits per heavy atom. The number of nitrogens with one attached hydrogen (secondary N) is 1. The van der Waals surface area contributed by atoms with Gasteiger partial charge >= 0.3 is 0 Å². The maximum absolute atomic E-state index is 12.0. The number of amides is 1. The SMILES string of the molecule is Cc1nc(C(C)C)c(C(=O)NC(C)(C)C)o1. The van der Waals surface area contributed by atoms with Crippen LogP contribution in [-0.2, 0) is 0 Å². The summed E-state index contributed by atoms with van der Waals surface area (Å²) in [6.07, 6.45) is 0. The normalized spacial score (nSPS) is 11.9. The molecule has 4 nitrogen and oxygen atoms in total. The van der Waals surface area contributed by atoms with Crippen molar-refractivity contribution in [2.24, 2.45) is 0 Å². The highest BCUT2D eigenvalue weighted by molar-refractivity contribution is 5.93. The van der Waals surface area contributed by atoms with Crippen LogP contribution in [0.15, 0.2) is 4.42 Å². The van der Waals surface area contributed by atoms with Gasteiger partial charge in [0.25, 0.3) is 5.91 Å². The first-order chi connectivity index (χ1) is 7.20. The Balaban J connectivity index is 2.99. The van der Waals surface area contributed by atoms with Crippen LogP contribution in [0.4, 0.5) is 0 Å². The molecule has 0 unspecified atom stereocenters. The smallest absolute Gasteiger partial charge is 0.289 e. The highest BCUT2D eigenvalue weighted by Gasteiger charge is 2.24. The van der Waals surface area contributed by atoms with Crippen molar-refractivity contribution in [2.45, 2.75) is 53.0 Å². The molecule has 1 aromatic rings. The lowest BCUT2D eigenvalue weighted by Crippen LogP contribution is -2.40. The zero-order valence-electron chi connectivity index (χ0n) is 10.8. The third-order valence-electron chi connectivity index (χ3n) is 2.00. The van der Waals surface area contributed by atoms with Gasteiger partial charge in [-0.15, -0.1) is 0 Å². The lowest BCUT2D eigenvalue weighted by atomic mass is 10.1. The van der Waals surface area contributed by atoms with Gasteiger partial charge < -0.3 is 9.73 Å². The molecular formula is C12H20N2O2. The Kier molecular flexibility index (Phi) is 3.41. The Bertz CT molecular complexity index is 386. The summed E-state index contributed by atoms with van der Waals surface area (Å²) in [7, 11) is 0. The third kappa shape index (κ3) is 3.08. The van der Waals surface area contributed by atoms with E-state index in [1.807, 2.05) is 34.6 Å². The summed E-state index contributed by atoms with van der Waals surface area (Å²) in [4.78, 5) is 16.2. The van der Waals surface area contributed by atoms with Crippen molar-refractivity contribution in [1.29, 1.82) is 0 Å². The van der Waals surface area contributed by atoms with Crippen molar-refractivity contribution in [3.63, 3.8) is 0 Å². The lowest BCUT2D eigenvalue weighted by molar-refractivity contribution is 0.0888. The first kappa shape index (κ1) is 12.7. The largest absolute Gasteiger partial charge is 0.436 e. The molecule has 0 atom stereocenters. The molecule has 0 fully saturated rings. The number of aryl methyl sites for hydroxylation is 1. The van der Waals surface area contributed by atoms with Crippen molar-refractivity contribution in [1.82, 2.24) is 10.3 Å². The molecular weight excluding hydrogens is 204 g/mol. The number of carbonyl (C=O) groups excluding carboxylic acids is 1. The van der Waals surface area contributed by atoms with Gasteiger partial charge in [-0.1, -0.05) is 13.8 Å². The van der Waals surface area contributed by atoms with Gasteiger partial charge in [0.2, 0.25) is 5.76 Å². The first-order valence-corrected chi connectivity index (χ1v) is 5.50. The molecule has 1 rings (SSSR count). The molecule has 1 aromatic heterocycles. The summed E-state index contributed by atoms with van der Waals surface area (Å²) in [6.45, 7) is 11.5. The monoisotopic (exact) mass is 224 g/mol. The molecule has 0 saturated heterocycles. The van der Waals surface area contributed by atoms with E-state index in [1.54, 1.807) is 6.92 Å². The molecule has 16 heavy (non-hydrogen) atoms. The Morgan fingerprint density at radius 3 is 2.38 bits per heavy atom. The van der Waals surface area contributed by atoms with Crippen LogP contribution in [0.5, 0.6) is 0 Å². The molecule has 0 aliphatic heterocycles. The van der Waals surface area contributed by atoms with E-state index >= 15 is 0 Å². The second kappa shape index (κ2) is 4.28. The Hall–Kier alpha value is -1.32. The van der Waals surface area contributed by atoms with Crippen molar-refractivity contribution < 1.29 is 9.21 Å². The molecule has 0 aliphatic rings. The first-order valence-electron chi connectivity index (χ1n) is 5.50. The van der Waals surface area contributed by atoms with Crippen LogP contribution in [-0.4, -0.2) is 16.4 Å². The minimum Gasteiger partial charge on any atom is -0.436 e. The quantitative estimate of drug-likeness (QED) is 0.840. The summed E-state index contributed by atoms with van der Waals surface area (Å²) < 4.78 is 5.36. The summed E-state index contributed by atoms with van der Waals surface area (Å²) >= 11 is 0. The topological polar surface area (TPSA) is 55.1 Å².